The van der Waals surface area contributed by atoms with E-state index in [1.54, 1.807) is 24.3 Å². The molecule has 3 nitrogen and oxygen atoms in total. The van der Waals surface area contributed by atoms with Crippen LogP contribution in [-0.4, -0.2) is 11.0 Å². The average molecular weight is 212 g/mol. The standard InChI is InChI=1S/C10H10ClNO2/c11-8-4-7(5-9(13)6-8)2-1-3-10(12)14/h1-2,4-6,13H,3H2,(H2,12,14). The molecule has 0 bridgehead atoms. The van der Waals surface area contributed by atoms with Gasteiger partial charge in [0.2, 0.25) is 5.91 Å². The predicted octanol–water partition coefficient (Wildman–Crippen LogP) is 1.93. The molecule has 0 aliphatic rings. The van der Waals surface area contributed by atoms with Crippen molar-refractivity contribution in [3.63, 3.8) is 0 Å². The van der Waals surface area contributed by atoms with Crippen LogP contribution in [0.5, 0.6) is 5.75 Å². The predicted molar refractivity (Wildman–Crippen MR) is 56.0 cm³/mol. The molecule has 1 aromatic rings. The highest BCUT2D eigenvalue weighted by atomic mass is 35.5. The van der Waals surface area contributed by atoms with E-state index in [2.05, 4.69) is 0 Å². The number of phenolic OH excluding ortho intramolecular Hbond substituents is 1. The SMILES string of the molecule is NC(=O)CC=Cc1cc(O)cc(Cl)c1. The number of rotatable bonds is 3. The maximum atomic E-state index is 10.4. The Kier molecular flexibility index (Phi) is 3.54. The molecular formula is C10H10ClNO2. The van der Waals surface area contributed by atoms with Gasteiger partial charge in [-0.2, -0.15) is 0 Å². The molecule has 0 fully saturated rings. The number of carbonyl (C=O) groups is 1. The highest BCUT2D eigenvalue weighted by molar-refractivity contribution is 6.30. The first kappa shape index (κ1) is 10.6. The highest BCUT2D eigenvalue weighted by Gasteiger charge is 1.95. The summed E-state index contributed by atoms with van der Waals surface area (Å²) in [6.07, 6.45) is 3.47. The number of hydrogen-bond donors (Lipinski definition) is 2. The zero-order chi connectivity index (χ0) is 10.6. The van der Waals surface area contributed by atoms with Crippen LogP contribution in [0, 0.1) is 0 Å². The number of primary amides is 1. The zero-order valence-corrected chi connectivity index (χ0v) is 8.16. The Balaban J connectivity index is 2.76. The smallest absolute Gasteiger partial charge is 0.221 e. The number of halogens is 1. The van der Waals surface area contributed by atoms with Crippen LogP contribution in [0.4, 0.5) is 0 Å². The van der Waals surface area contributed by atoms with Gasteiger partial charge >= 0.3 is 0 Å². The fourth-order valence-electron chi connectivity index (χ4n) is 1.00. The quantitative estimate of drug-likeness (QED) is 0.803. The van der Waals surface area contributed by atoms with Crippen LogP contribution in [0.1, 0.15) is 12.0 Å². The largest absolute Gasteiger partial charge is 0.508 e. The zero-order valence-electron chi connectivity index (χ0n) is 7.40. The van der Waals surface area contributed by atoms with Crippen molar-refractivity contribution < 1.29 is 9.90 Å². The van der Waals surface area contributed by atoms with Crippen LogP contribution in [-0.2, 0) is 4.79 Å². The van der Waals surface area contributed by atoms with Crippen LogP contribution in [0.2, 0.25) is 5.02 Å². The summed E-state index contributed by atoms with van der Waals surface area (Å²) in [7, 11) is 0. The first-order valence-corrected chi connectivity index (χ1v) is 4.40. The summed E-state index contributed by atoms with van der Waals surface area (Å²) in [5, 5.41) is 9.64. The van der Waals surface area contributed by atoms with Crippen molar-refractivity contribution >= 4 is 23.6 Å². The summed E-state index contributed by atoms with van der Waals surface area (Å²) in [6.45, 7) is 0. The van der Waals surface area contributed by atoms with Gasteiger partial charge in [-0.25, -0.2) is 0 Å². The Labute approximate surface area is 86.8 Å². The van der Waals surface area contributed by atoms with E-state index in [1.807, 2.05) is 0 Å². The van der Waals surface area contributed by atoms with Gasteiger partial charge in [-0.3, -0.25) is 4.79 Å². The van der Waals surface area contributed by atoms with Crippen LogP contribution in [0.3, 0.4) is 0 Å². The minimum absolute atomic E-state index is 0.0937. The van der Waals surface area contributed by atoms with Crippen LogP contribution in [0.25, 0.3) is 6.08 Å². The number of amides is 1. The molecule has 0 saturated carbocycles. The summed E-state index contributed by atoms with van der Waals surface area (Å²) < 4.78 is 0. The molecule has 1 amide bonds. The second-order valence-corrected chi connectivity index (χ2v) is 3.25. The molecule has 4 heteroatoms. The number of hydrogen-bond acceptors (Lipinski definition) is 2. The van der Waals surface area contributed by atoms with Crippen molar-refractivity contribution in [1.82, 2.24) is 0 Å². The topological polar surface area (TPSA) is 63.3 Å². The van der Waals surface area contributed by atoms with Gasteiger partial charge in [0.25, 0.3) is 0 Å². The monoisotopic (exact) mass is 211 g/mol. The van der Waals surface area contributed by atoms with Crippen molar-refractivity contribution in [3.05, 3.63) is 34.9 Å². The lowest BCUT2D eigenvalue weighted by molar-refractivity contribution is -0.117. The maximum Gasteiger partial charge on any atom is 0.221 e. The second-order valence-electron chi connectivity index (χ2n) is 2.82. The van der Waals surface area contributed by atoms with Gasteiger partial charge in [0.1, 0.15) is 5.75 Å². The summed E-state index contributed by atoms with van der Waals surface area (Å²) in [4.78, 5) is 10.4. The molecule has 0 heterocycles. The van der Waals surface area contributed by atoms with Gasteiger partial charge in [-0.1, -0.05) is 23.8 Å². The lowest BCUT2D eigenvalue weighted by atomic mass is 10.2. The molecule has 0 aliphatic carbocycles. The van der Waals surface area contributed by atoms with E-state index in [0.717, 1.165) is 5.56 Å². The number of aromatic hydroxyl groups is 1. The van der Waals surface area contributed by atoms with E-state index in [4.69, 9.17) is 17.3 Å². The van der Waals surface area contributed by atoms with Crippen molar-refractivity contribution in [3.8, 4) is 5.75 Å². The molecule has 14 heavy (non-hydrogen) atoms. The molecule has 0 aliphatic heterocycles. The van der Waals surface area contributed by atoms with E-state index in [0.29, 0.717) is 5.02 Å². The van der Waals surface area contributed by atoms with Crippen molar-refractivity contribution in [2.45, 2.75) is 6.42 Å². The third-order valence-electron chi connectivity index (χ3n) is 1.53. The first-order valence-electron chi connectivity index (χ1n) is 4.02. The molecular weight excluding hydrogens is 202 g/mol. The number of phenols is 1. The van der Waals surface area contributed by atoms with Crippen molar-refractivity contribution in [1.29, 1.82) is 0 Å². The normalized spacial score (nSPS) is 10.6. The minimum Gasteiger partial charge on any atom is -0.508 e. The molecule has 0 spiro atoms. The third-order valence-corrected chi connectivity index (χ3v) is 1.75. The highest BCUT2D eigenvalue weighted by Crippen LogP contribution is 2.20. The Morgan fingerprint density at radius 3 is 2.79 bits per heavy atom. The van der Waals surface area contributed by atoms with Crippen LogP contribution < -0.4 is 5.73 Å². The van der Waals surface area contributed by atoms with Gasteiger partial charge in [0.15, 0.2) is 0 Å². The van der Waals surface area contributed by atoms with E-state index in [-0.39, 0.29) is 12.2 Å². The van der Waals surface area contributed by atoms with Crippen LogP contribution in [0.15, 0.2) is 24.3 Å². The van der Waals surface area contributed by atoms with Gasteiger partial charge in [0.05, 0.1) is 0 Å². The Hall–Kier alpha value is -1.48. The lowest BCUT2D eigenvalue weighted by Gasteiger charge is -1.97. The molecule has 74 valence electrons. The summed E-state index contributed by atoms with van der Waals surface area (Å²) in [6, 6.07) is 4.66. The van der Waals surface area contributed by atoms with E-state index >= 15 is 0 Å². The molecule has 1 rings (SSSR count). The van der Waals surface area contributed by atoms with Crippen molar-refractivity contribution in [2.24, 2.45) is 5.73 Å². The average Bonchev–Trinajstić information content (AvgIpc) is 2.01. The molecule has 3 N–H and O–H groups in total. The van der Waals surface area contributed by atoms with Gasteiger partial charge < -0.3 is 10.8 Å². The summed E-state index contributed by atoms with van der Waals surface area (Å²) >= 11 is 5.71. The summed E-state index contributed by atoms with van der Waals surface area (Å²) in [5.74, 6) is -0.302. The molecule has 0 aromatic heterocycles. The minimum atomic E-state index is -0.396. The fourth-order valence-corrected chi connectivity index (χ4v) is 1.24. The Morgan fingerprint density at radius 2 is 2.21 bits per heavy atom. The van der Waals surface area contributed by atoms with Crippen LogP contribution >= 0.6 is 11.6 Å². The van der Waals surface area contributed by atoms with Gasteiger partial charge in [-0.15, -0.1) is 0 Å². The van der Waals surface area contributed by atoms with E-state index in [9.17, 15) is 9.90 Å². The fraction of sp³-hybridized carbons (Fsp3) is 0.100. The molecule has 0 atom stereocenters. The van der Waals surface area contributed by atoms with E-state index < -0.39 is 5.91 Å². The number of carbonyl (C=O) groups excluding carboxylic acids is 1. The maximum absolute atomic E-state index is 10.4. The third kappa shape index (κ3) is 3.49. The van der Waals surface area contributed by atoms with Gasteiger partial charge in [0, 0.05) is 11.4 Å². The first-order chi connectivity index (χ1) is 6.58. The molecule has 0 unspecified atom stereocenters. The Morgan fingerprint density at radius 1 is 1.50 bits per heavy atom. The molecule has 0 radical (unpaired) electrons. The Bertz CT molecular complexity index is 354. The number of benzene rings is 1. The van der Waals surface area contributed by atoms with Gasteiger partial charge in [-0.05, 0) is 23.8 Å². The summed E-state index contributed by atoms with van der Waals surface area (Å²) in [5.41, 5.74) is 5.68. The lowest BCUT2D eigenvalue weighted by Crippen LogP contribution is -2.07. The second kappa shape index (κ2) is 4.67. The molecule has 1 aromatic carbocycles. The van der Waals surface area contributed by atoms with Crippen molar-refractivity contribution in [2.75, 3.05) is 0 Å². The van der Waals surface area contributed by atoms with E-state index in [1.165, 1.54) is 6.07 Å². The number of nitrogens with two attached hydrogens (primary N) is 1. The molecule has 0 saturated heterocycles.